The first-order chi connectivity index (χ1) is 10.2. The smallest absolute Gasteiger partial charge is 0.222 e. The number of nitrogens with one attached hydrogen (secondary N) is 1. The van der Waals surface area contributed by atoms with Crippen LogP contribution in [-0.4, -0.2) is 39.1 Å². The fourth-order valence-electron chi connectivity index (χ4n) is 2.83. The quantitative estimate of drug-likeness (QED) is 0.944. The minimum Gasteiger partial charge on any atom is -0.343 e. The van der Waals surface area contributed by atoms with E-state index in [1.54, 1.807) is 11.3 Å². The topological polar surface area (TPSA) is 61.9 Å². The first kappa shape index (κ1) is 14.3. The van der Waals surface area contributed by atoms with Crippen molar-refractivity contribution in [2.24, 2.45) is 0 Å². The van der Waals surface area contributed by atoms with E-state index in [1.807, 2.05) is 23.5 Å². The standard InChI is InChI=1S/C15H20N4OS/c1-11-8-14(18-17-11)12-4-6-19(7-5-12)15(20)3-2-13-9-16-10-21-13/h8-10,12H,2-7H2,1H3,(H,17,18). The van der Waals surface area contributed by atoms with Gasteiger partial charge in [-0.05, 0) is 32.3 Å². The Morgan fingerprint density at radius 3 is 2.90 bits per heavy atom. The third-order valence-electron chi connectivity index (χ3n) is 4.06. The fraction of sp³-hybridized carbons (Fsp3) is 0.533. The zero-order valence-electron chi connectivity index (χ0n) is 12.2. The van der Waals surface area contributed by atoms with Crippen LogP contribution in [0.25, 0.3) is 0 Å². The summed E-state index contributed by atoms with van der Waals surface area (Å²) in [5, 5.41) is 7.35. The number of hydrogen-bond acceptors (Lipinski definition) is 4. The highest BCUT2D eigenvalue weighted by molar-refractivity contribution is 7.09. The lowest BCUT2D eigenvalue weighted by atomic mass is 9.93. The summed E-state index contributed by atoms with van der Waals surface area (Å²) in [5.41, 5.74) is 4.06. The maximum Gasteiger partial charge on any atom is 0.222 e. The number of likely N-dealkylation sites (tertiary alicyclic amines) is 1. The minimum absolute atomic E-state index is 0.264. The van der Waals surface area contributed by atoms with Crippen molar-refractivity contribution in [3.8, 4) is 0 Å². The van der Waals surface area contributed by atoms with Crippen molar-refractivity contribution in [1.29, 1.82) is 0 Å². The molecule has 0 saturated carbocycles. The van der Waals surface area contributed by atoms with Gasteiger partial charge in [0.25, 0.3) is 0 Å². The van der Waals surface area contributed by atoms with Gasteiger partial charge in [0.2, 0.25) is 5.91 Å². The van der Waals surface area contributed by atoms with Gasteiger partial charge in [0.15, 0.2) is 0 Å². The molecule has 2 aromatic heterocycles. The van der Waals surface area contributed by atoms with E-state index in [4.69, 9.17) is 0 Å². The van der Waals surface area contributed by atoms with Gasteiger partial charge in [-0.15, -0.1) is 11.3 Å². The lowest BCUT2D eigenvalue weighted by Crippen LogP contribution is -2.38. The van der Waals surface area contributed by atoms with Crippen LogP contribution < -0.4 is 0 Å². The molecule has 0 spiro atoms. The average molecular weight is 304 g/mol. The van der Waals surface area contributed by atoms with E-state index in [1.165, 1.54) is 4.88 Å². The van der Waals surface area contributed by atoms with E-state index in [-0.39, 0.29) is 5.91 Å². The van der Waals surface area contributed by atoms with Crippen LogP contribution >= 0.6 is 11.3 Å². The van der Waals surface area contributed by atoms with Gasteiger partial charge in [-0.2, -0.15) is 5.10 Å². The number of hydrogen-bond donors (Lipinski definition) is 1. The number of rotatable bonds is 4. The van der Waals surface area contributed by atoms with E-state index in [2.05, 4.69) is 21.2 Å². The summed E-state index contributed by atoms with van der Waals surface area (Å²) in [6.07, 6.45) is 5.27. The molecule has 0 aromatic carbocycles. The normalized spacial score (nSPS) is 16.3. The van der Waals surface area contributed by atoms with Crippen molar-refractivity contribution in [1.82, 2.24) is 20.1 Å². The monoisotopic (exact) mass is 304 g/mol. The van der Waals surface area contributed by atoms with Gasteiger partial charge in [-0.1, -0.05) is 0 Å². The van der Waals surface area contributed by atoms with E-state index >= 15 is 0 Å². The van der Waals surface area contributed by atoms with Crippen molar-refractivity contribution >= 4 is 17.2 Å². The molecular formula is C15H20N4OS. The molecule has 0 unspecified atom stereocenters. The first-order valence-electron chi connectivity index (χ1n) is 7.39. The highest BCUT2D eigenvalue weighted by atomic mass is 32.1. The number of thiazole rings is 1. The summed E-state index contributed by atoms with van der Waals surface area (Å²) in [6, 6.07) is 2.12. The maximum atomic E-state index is 12.2. The summed E-state index contributed by atoms with van der Waals surface area (Å²) in [7, 11) is 0. The average Bonchev–Trinajstić information content (AvgIpc) is 3.16. The Hall–Kier alpha value is -1.69. The molecule has 6 heteroatoms. The molecule has 5 nitrogen and oxygen atoms in total. The SMILES string of the molecule is Cc1cc(C2CCN(C(=O)CCc3cncs3)CC2)n[nH]1. The Labute approximate surface area is 128 Å². The summed E-state index contributed by atoms with van der Waals surface area (Å²) in [5.74, 6) is 0.751. The highest BCUT2D eigenvalue weighted by Gasteiger charge is 2.24. The Morgan fingerprint density at radius 1 is 1.48 bits per heavy atom. The number of H-pyrrole nitrogens is 1. The molecule has 1 N–H and O–H groups in total. The molecule has 112 valence electrons. The Balaban J connectivity index is 1.47. The lowest BCUT2D eigenvalue weighted by molar-refractivity contribution is -0.132. The molecule has 1 saturated heterocycles. The number of aromatic amines is 1. The highest BCUT2D eigenvalue weighted by Crippen LogP contribution is 2.27. The first-order valence-corrected chi connectivity index (χ1v) is 8.27. The Kier molecular flexibility index (Phi) is 4.34. The van der Waals surface area contributed by atoms with Gasteiger partial charge in [0.1, 0.15) is 0 Å². The molecule has 3 rings (SSSR count). The number of aryl methyl sites for hydroxylation is 2. The van der Waals surface area contributed by atoms with E-state index < -0.39 is 0 Å². The summed E-state index contributed by atoms with van der Waals surface area (Å²) in [4.78, 5) is 19.5. The molecule has 1 aliphatic heterocycles. The number of aromatic nitrogens is 3. The lowest BCUT2D eigenvalue weighted by Gasteiger charge is -2.31. The Bertz CT molecular complexity index is 585. The van der Waals surface area contributed by atoms with Crippen LogP contribution in [0.1, 0.15) is 41.4 Å². The molecule has 1 amide bonds. The third-order valence-corrected chi connectivity index (χ3v) is 4.90. The largest absolute Gasteiger partial charge is 0.343 e. The van der Waals surface area contributed by atoms with Crippen LogP contribution in [0.15, 0.2) is 17.8 Å². The predicted octanol–water partition coefficient (Wildman–Crippen LogP) is 2.51. The fourth-order valence-corrected chi connectivity index (χ4v) is 3.43. The van der Waals surface area contributed by atoms with Crippen LogP contribution in [0.4, 0.5) is 0 Å². The molecule has 0 aliphatic carbocycles. The Morgan fingerprint density at radius 2 is 2.29 bits per heavy atom. The van der Waals surface area contributed by atoms with Gasteiger partial charge < -0.3 is 4.90 Å². The number of amides is 1. The zero-order chi connectivity index (χ0) is 14.7. The number of nitrogens with zero attached hydrogens (tertiary/aromatic N) is 3. The number of carbonyl (C=O) groups is 1. The van der Waals surface area contributed by atoms with Crippen molar-refractivity contribution in [2.75, 3.05) is 13.1 Å². The van der Waals surface area contributed by atoms with Gasteiger partial charge in [-0.3, -0.25) is 14.9 Å². The van der Waals surface area contributed by atoms with E-state index in [9.17, 15) is 4.79 Å². The molecular weight excluding hydrogens is 284 g/mol. The van der Waals surface area contributed by atoms with Crippen LogP contribution in [0.3, 0.4) is 0 Å². The molecule has 1 fully saturated rings. The molecule has 21 heavy (non-hydrogen) atoms. The van der Waals surface area contributed by atoms with E-state index in [0.29, 0.717) is 12.3 Å². The van der Waals surface area contributed by atoms with E-state index in [0.717, 1.165) is 43.7 Å². The van der Waals surface area contributed by atoms with Gasteiger partial charge >= 0.3 is 0 Å². The van der Waals surface area contributed by atoms with Crippen LogP contribution in [0.2, 0.25) is 0 Å². The number of carbonyl (C=O) groups excluding carboxylic acids is 1. The summed E-state index contributed by atoms with van der Waals surface area (Å²) >= 11 is 1.62. The third kappa shape index (κ3) is 3.50. The second kappa shape index (κ2) is 6.39. The van der Waals surface area contributed by atoms with Crippen LogP contribution in [-0.2, 0) is 11.2 Å². The maximum absolute atomic E-state index is 12.2. The van der Waals surface area contributed by atoms with Crippen molar-refractivity contribution in [3.05, 3.63) is 34.0 Å². The van der Waals surface area contributed by atoms with Gasteiger partial charge in [0.05, 0.1) is 11.2 Å². The van der Waals surface area contributed by atoms with Crippen LogP contribution in [0, 0.1) is 6.92 Å². The van der Waals surface area contributed by atoms with Crippen molar-refractivity contribution in [2.45, 2.75) is 38.5 Å². The van der Waals surface area contributed by atoms with Gasteiger partial charge in [-0.25, -0.2) is 0 Å². The molecule has 3 heterocycles. The predicted molar refractivity (Wildman–Crippen MR) is 82.3 cm³/mol. The zero-order valence-corrected chi connectivity index (χ0v) is 13.0. The minimum atomic E-state index is 0.264. The molecule has 1 aliphatic rings. The second-order valence-electron chi connectivity index (χ2n) is 5.60. The number of piperidine rings is 1. The molecule has 0 radical (unpaired) electrons. The summed E-state index contributed by atoms with van der Waals surface area (Å²) in [6.45, 7) is 3.71. The second-order valence-corrected chi connectivity index (χ2v) is 6.57. The van der Waals surface area contributed by atoms with Crippen molar-refractivity contribution in [3.63, 3.8) is 0 Å². The molecule has 2 aromatic rings. The van der Waals surface area contributed by atoms with Crippen molar-refractivity contribution < 1.29 is 4.79 Å². The molecule has 0 atom stereocenters. The van der Waals surface area contributed by atoms with Gasteiger partial charge in [0, 0.05) is 42.2 Å². The van der Waals surface area contributed by atoms with Crippen LogP contribution in [0.5, 0.6) is 0 Å². The molecule has 0 bridgehead atoms. The summed E-state index contributed by atoms with van der Waals surface area (Å²) < 4.78 is 0.